The van der Waals surface area contributed by atoms with E-state index in [2.05, 4.69) is 5.32 Å². The first kappa shape index (κ1) is 15.4. The molecule has 16 heavy (non-hydrogen) atoms. The van der Waals surface area contributed by atoms with E-state index in [4.69, 9.17) is 5.11 Å². The highest BCUT2D eigenvalue weighted by molar-refractivity contribution is 5.78. The van der Waals surface area contributed by atoms with Crippen LogP contribution in [0.2, 0.25) is 0 Å². The second-order valence-electron chi connectivity index (χ2n) is 5.25. The van der Waals surface area contributed by atoms with Gasteiger partial charge in [-0.15, -0.1) is 0 Å². The van der Waals surface area contributed by atoms with Crippen molar-refractivity contribution in [2.75, 3.05) is 6.54 Å². The molecule has 2 unspecified atom stereocenters. The maximum atomic E-state index is 11.2. The van der Waals surface area contributed by atoms with Gasteiger partial charge in [0.05, 0.1) is 5.60 Å². The third kappa shape index (κ3) is 4.10. The zero-order chi connectivity index (χ0) is 13.0. The molecule has 3 N–H and O–H groups in total. The molecule has 0 rings (SSSR count). The van der Waals surface area contributed by atoms with Gasteiger partial charge in [0, 0.05) is 6.54 Å². The van der Waals surface area contributed by atoms with Crippen molar-refractivity contribution in [2.45, 2.75) is 58.6 Å². The number of aliphatic carboxylic acids is 1. The number of carboxylic acid groups (broad SMARTS) is 1. The SMILES string of the molecule is CCCC(C)(NCC(C)(O)C(C)C)C(=O)O. The number of carbonyl (C=O) groups is 1. The van der Waals surface area contributed by atoms with Crippen LogP contribution < -0.4 is 5.32 Å². The number of aliphatic hydroxyl groups is 1. The van der Waals surface area contributed by atoms with E-state index in [9.17, 15) is 9.90 Å². The molecule has 0 bridgehead atoms. The van der Waals surface area contributed by atoms with Gasteiger partial charge in [-0.25, -0.2) is 0 Å². The van der Waals surface area contributed by atoms with Gasteiger partial charge < -0.3 is 10.2 Å². The fourth-order valence-electron chi connectivity index (χ4n) is 1.35. The lowest BCUT2D eigenvalue weighted by Crippen LogP contribution is -2.55. The van der Waals surface area contributed by atoms with E-state index in [1.165, 1.54) is 0 Å². The molecule has 4 nitrogen and oxygen atoms in total. The van der Waals surface area contributed by atoms with Crippen LogP contribution in [0.1, 0.15) is 47.5 Å². The van der Waals surface area contributed by atoms with E-state index in [0.717, 1.165) is 6.42 Å². The first-order chi connectivity index (χ1) is 7.15. The van der Waals surface area contributed by atoms with Gasteiger partial charge in [-0.1, -0.05) is 27.2 Å². The smallest absolute Gasteiger partial charge is 0.323 e. The van der Waals surface area contributed by atoms with E-state index < -0.39 is 17.1 Å². The Morgan fingerprint density at radius 2 is 1.88 bits per heavy atom. The van der Waals surface area contributed by atoms with Gasteiger partial charge >= 0.3 is 5.97 Å². The number of nitrogens with one attached hydrogen (secondary N) is 1. The standard InChI is InChI=1S/C12H25NO3/c1-6-7-11(4,10(14)15)13-8-12(5,16)9(2)3/h9,13,16H,6-8H2,1-5H3,(H,14,15). The van der Waals surface area contributed by atoms with Crippen LogP contribution in [0.4, 0.5) is 0 Å². The lowest BCUT2D eigenvalue weighted by Gasteiger charge is -2.33. The van der Waals surface area contributed by atoms with E-state index in [1.54, 1.807) is 13.8 Å². The van der Waals surface area contributed by atoms with Crippen molar-refractivity contribution in [1.29, 1.82) is 0 Å². The molecule has 0 saturated heterocycles. The average molecular weight is 231 g/mol. The maximum Gasteiger partial charge on any atom is 0.323 e. The molecule has 0 aromatic heterocycles. The molecule has 0 aliphatic rings. The first-order valence-corrected chi connectivity index (χ1v) is 5.86. The lowest BCUT2D eigenvalue weighted by atomic mass is 9.89. The lowest BCUT2D eigenvalue weighted by molar-refractivity contribution is -0.145. The van der Waals surface area contributed by atoms with Gasteiger partial charge in [-0.2, -0.15) is 0 Å². The van der Waals surface area contributed by atoms with Crippen LogP contribution >= 0.6 is 0 Å². The van der Waals surface area contributed by atoms with Crippen LogP contribution in [0.3, 0.4) is 0 Å². The summed E-state index contributed by atoms with van der Waals surface area (Å²) in [6.07, 6.45) is 1.34. The predicted molar refractivity (Wildman–Crippen MR) is 64.4 cm³/mol. The minimum Gasteiger partial charge on any atom is -0.480 e. The highest BCUT2D eigenvalue weighted by atomic mass is 16.4. The fourth-order valence-corrected chi connectivity index (χ4v) is 1.35. The Bertz CT molecular complexity index is 238. The highest BCUT2D eigenvalue weighted by Crippen LogP contribution is 2.18. The summed E-state index contributed by atoms with van der Waals surface area (Å²) < 4.78 is 0. The molecule has 0 radical (unpaired) electrons. The summed E-state index contributed by atoms with van der Waals surface area (Å²) in [5, 5.41) is 22.2. The van der Waals surface area contributed by atoms with Crippen molar-refractivity contribution in [3.8, 4) is 0 Å². The van der Waals surface area contributed by atoms with Crippen molar-refractivity contribution < 1.29 is 15.0 Å². The number of β-amino-alcohol motifs (C(OH)–C–C–N with tert-alkyl or cyclic N) is 1. The van der Waals surface area contributed by atoms with Crippen LogP contribution in [0.5, 0.6) is 0 Å². The number of hydrogen-bond donors (Lipinski definition) is 3. The molecule has 0 saturated carbocycles. The van der Waals surface area contributed by atoms with Crippen LogP contribution in [0, 0.1) is 5.92 Å². The molecule has 0 aliphatic heterocycles. The molecule has 0 aromatic carbocycles. The summed E-state index contributed by atoms with van der Waals surface area (Å²) in [4.78, 5) is 11.2. The molecule has 4 heteroatoms. The second-order valence-corrected chi connectivity index (χ2v) is 5.25. The van der Waals surface area contributed by atoms with Crippen LogP contribution in [0.25, 0.3) is 0 Å². The fraction of sp³-hybridized carbons (Fsp3) is 0.917. The molecular formula is C12H25NO3. The van der Waals surface area contributed by atoms with Gasteiger partial charge in [0.25, 0.3) is 0 Å². The molecule has 96 valence electrons. The predicted octanol–water partition coefficient (Wildman–Crippen LogP) is 1.63. The van der Waals surface area contributed by atoms with E-state index in [0.29, 0.717) is 6.42 Å². The molecule has 0 aliphatic carbocycles. The molecular weight excluding hydrogens is 206 g/mol. The summed E-state index contributed by atoms with van der Waals surface area (Å²) in [5.41, 5.74) is -1.84. The minimum atomic E-state index is -0.951. The molecule has 0 heterocycles. The topological polar surface area (TPSA) is 69.6 Å². The summed E-state index contributed by atoms with van der Waals surface area (Å²) in [6, 6.07) is 0. The summed E-state index contributed by atoms with van der Waals surface area (Å²) in [6.45, 7) is 9.45. The number of hydrogen-bond acceptors (Lipinski definition) is 3. The maximum absolute atomic E-state index is 11.2. The van der Waals surface area contributed by atoms with E-state index in [1.807, 2.05) is 20.8 Å². The zero-order valence-corrected chi connectivity index (χ0v) is 11.0. The molecule has 0 spiro atoms. The Morgan fingerprint density at radius 3 is 2.19 bits per heavy atom. The quantitative estimate of drug-likeness (QED) is 0.623. The monoisotopic (exact) mass is 231 g/mol. The van der Waals surface area contributed by atoms with Crippen LogP contribution in [0.15, 0.2) is 0 Å². The molecule has 0 fully saturated rings. The molecule has 0 aromatic rings. The van der Waals surface area contributed by atoms with Gasteiger partial charge in [-0.3, -0.25) is 10.1 Å². The molecule has 2 atom stereocenters. The minimum absolute atomic E-state index is 0.0830. The van der Waals surface area contributed by atoms with Gasteiger partial charge in [0.15, 0.2) is 0 Å². The highest BCUT2D eigenvalue weighted by Gasteiger charge is 2.35. The van der Waals surface area contributed by atoms with E-state index in [-0.39, 0.29) is 12.5 Å². The third-order valence-electron chi connectivity index (χ3n) is 3.30. The molecule has 0 amide bonds. The van der Waals surface area contributed by atoms with Crippen LogP contribution in [-0.4, -0.2) is 33.9 Å². The first-order valence-electron chi connectivity index (χ1n) is 5.86. The Labute approximate surface area is 98.1 Å². The Morgan fingerprint density at radius 1 is 1.38 bits per heavy atom. The number of rotatable bonds is 7. The zero-order valence-electron chi connectivity index (χ0n) is 11.0. The van der Waals surface area contributed by atoms with E-state index >= 15 is 0 Å². The normalized spacial score (nSPS) is 19.2. The number of carboxylic acids is 1. The Balaban J connectivity index is 4.50. The van der Waals surface area contributed by atoms with Crippen molar-refractivity contribution in [1.82, 2.24) is 5.32 Å². The third-order valence-corrected chi connectivity index (χ3v) is 3.30. The van der Waals surface area contributed by atoms with Crippen molar-refractivity contribution >= 4 is 5.97 Å². The van der Waals surface area contributed by atoms with Crippen LogP contribution in [-0.2, 0) is 4.79 Å². The van der Waals surface area contributed by atoms with Crippen molar-refractivity contribution in [2.24, 2.45) is 5.92 Å². The van der Waals surface area contributed by atoms with Gasteiger partial charge in [0.1, 0.15) is 5.54 Å². The largest absolute Gasteiger partial charge is 0.480 e. The average Bonchev–Trinajstić information content (AvgIpc) is 2.15. The summed E-state index contributed by atoms with van der Waals surface area (Å²) in [7, 11) is 0. The summed E-state index contributed by atoms with van der Waals surface area (Å²) in [5.74, 6) is -0.784. The van der Waals surface area contributed by atoms with Gasteiger partial charge in [0.2, 0.25) is 0 Å². The summed E-state index contributed by atoms with van der Waals surface area (Å²) >= 11 is 0. The second kappa shape index (κ2) is 5.64. The Hall–Kier alpha value is -0.610. The van der Waals surface area contributed by atoms with Crippen molar-refractivity contribution in [3.63, 3.8) is 0 Å². The van der Waals surface area contributed by atoms with Crippen molar-refractivity contribution in [3.05, 3.63) is 0 Å². The van der Waals surface area contributed by atoms with Gasteiger partial charge in [-0.05, 0) is 26.2 Å². The Kier molecular flexibility index (Phi) is 5.42.